The first-order chi connectivity index (χ1) is 23.1. The highest BCUT2D eigenvalue weighted by Crippen LogP contribution is 2.42. The standard InChI is InChI=1S/C37H37ClFN5O3S/c1-21-30-20-48-19-25-18-26(43(3)41-25)10-8-22-15-23-17-24(39)9-11-27(23)32(16-22)47-14-6-7-28-29-12-13-31(38)33(35(30)44(4)40-21)34(29)42(2)36(28)37(45)46-5/h9,11-13,15-18H,6-8,10,14,19-20H2,1-5H3. The molecule has 48 heavy (non-hydrogen) atoms. The third-order valence-electron chi connectivity index (χ3n) is 9.33. The average molecular weight is 686 g/mol. The van der Waals surface area contributed by atoms with E-state index in [0.29, 0.717) is 35.9 Å². The summed E-state index contributed by atoms with van der Waals surface area (Å²) in [5.74, 6) is 1.47. The molecule has 0 atom stereocenters. The third kappa shape index (κ3) is 5.75. The number of methoxy groups -OCH3 is 1. The number of thioether (sulfide) groups is 1. The summed E-state index contributed by atoms with van der Waals surface area (Å²) in [6.07, 6.45) is 2.76. The lowest BCUT2D eigenvalue weighted by Crippen LogP contribution is -2.11. The lowest BCUT2D eigenvalue weighted by Gasteiger charge is -2.13. The van der Waals surface area contributed by atoms with Crippen LogP contribution >= 0.6 is 23.4 Å². The average Bonchev–Trinajstić information content (AvgIpc) is 3.66. The number of hydrogen-bond donors (Lipinski definition) is 0. The Bertz CT molecular complexity index is 2220. The summed E-state index contributed by atoms with van der Waals surface area (Å²) < 4.78 is 31.8. The van der Waals surface area contributed by atoms with Crippen molar-refractivity contribution >= 4 is 51.0 Å². The van der Waals surface area contributed by atoms with Crippen molar-refractivity contribution in [3.63, 3.8) is 0 Å². The van der Waals surface area contributed by atoms with Crippen molar-refractivity contribution in [1.29, 1.82) is 0 Å². The van der Waals surface area contributed by atoms with Crippen LogP contribution in [0.4, 0.5) is 4.39 Å². The molecule has 1 aliphatic heterocycles. The number of carbonyl (C=O) groups is 1. The molecule has 6 aromatic rings. The molecular weight excluding hydrogens is 649 g/mol. The smallest absolute Gasteiger partial charge is 0.354 e. The molecule has 0 N–H and O–H groups in total. The van der Waals surface area contributed by atoms with E-state index in [1.807, 2.05) is 60.2 Å². The van der Waals surface area contributed by atoms with Crippen LogP contribution in [0.25, 0.3) is 32.9 Å². The van der Waals surface area contributed by atoms with Crippen LogP contribution in [0, 0.1) is 12.7 Å². The number of nitrogens with zero attached hydrogens (tertiary/aromatic N) is 5. The molecular formula is C37H37ClFN5O3S. The van der Waals surface area contributed by atoms with Gasteiger partial charge in [0.2, 0.25) is 0 Å². The molecule has 4 heterocycles. The zero-order valence-corrected chi connectivity index (χ0v) is 29.3. The minimum absolute atomic E-state index is 0.282. The SMILES string of the molecule is COC(=O)c1c2c3ccc(Cl)c(c3n1C)-c1c(c(C)nn1C)CSCc1cc(n(C)n1)CCc1cc(c3ccc(F)cc3c1)OCCC2. The Morgan fingerprint density at radius 1 is 0.958 bits per heavy atom. The van der Waals surface area contributed by atoms with Gasteiger partial charge >= 0.3 is 5.97 Å². The van der Waals surface area contributed by atoms with Crippen LogP contribution in [-0.2, 0) is 56.6 Å². The Kier molecular flexibility index (Phi) is 8.72. The highest BCUT2D eigenvalue weighted by molar-refractivity contribution is 7.97. The van der Waals surface area contributed by atoms with Gasteiger partial charge in [0.15, 0.2) is 0 Å². The Labute approximate surface area is 287 Å². The number of fused-ring (bicyclic) bond motifs is 8. The summed E-state index contributed by atoms with van der Waals surface area (Å²) in [6.45, 7) is 2.43. The molecule has 0 unspecified atom stereocenters. The Balaban J connectivity index is 1.37. The number of rotatable bonds is 1. The maximum atomic E-state index is 14.3. The van der Waals surface area contributed by atoms with Crippen molar-refractivity contribution < 1.29 is 18.7 Å². The first-order valence-corrected chi connectivity index (χ1v) is 17.5. The second kappa shape index (κ2) is 13.0. The topological polar surface area (TPSA) is 76.1 Å². The van der Waals surface area contributed by atoms with Gasteiger partial charge in [-0.1, -0.05) is 23.7 Å². The number of carbonyl (C=O) groups excluding carboxylic acids is 1. The van der Waals surface area contributed by atoms with Gasteiger partial charge in [-0.2, -0.15) is 22.0 Å². The van der Waals surface area contributed by atoms with Crippen LogP contribution in [0.3, 0.4) is 0 Å². The highest BCUT2D eigenvalue weighted by atomic mass is 35.5. The van der Waals surface area contributed by atoms with Crippen LogP contribution < -0.4 is 4.74 Å². The molecule has 248 valence electrons. The number of ether oxygens (including phenoxy) is 2. The molecule has 1 aliphatic rings. The van der Waals surface area contributed by atoms with Crippen molar-refractivity contribution in [3.8, 4) is 17.0 Å². The van der Waals surface area contributed by atoms with Crippen molar-refractivity contribution in [2.45, 2.75) is 44.1 Å². The number of aryl methyl sites for hydroxylation is 7. The molecule has 0 aliphatic carbocycles. The summed E-state index contributed by atoms with van der Waals surface area (Å²) in [6, 6.07) is 15.0. The molecule has 3 aromatic carbocycles. The number of halogens is 2. The fourth-order valence-electron chi connectivity index (χ4n) is 7.09. The molecule has 0 amide bonds. The van der Waals surface area contributed by atoms with Crippen LogP contribution in [0.5, 0.6) is 5.75 Å². The van der Waals surface area contributed by atoms with Gasteiger partial charge < -0.3 is 14.0 Å². The predicted molar refractivity (Wildman–Crippen MR) is 190 cm³/mol. The van der Waals surface area contributed by atoms with Crippen molar-refractivity contribution in [2.75, 3.05) is 13.7 Å². The van der Waals surface area contributed by atoms with E-state index in [1.165, 1.54) is 13.2 Å². The van der Waals surface area contributed by atoms with Gasteiger partial charge in [-0.3, -0.25) is 9.36 Å². The van der Waals surface area contributed by atoms with E-state index in [4.69, 9.17) is 31.3 Å². The molecule has 0 fully saturated rings. The fourth-order valence-corrected chi connectivity index (χ4v) is 8.33. The highest BCUT2D eigenvalue weighted by Gasteiger charge is 2.28. The van der Waals surface area contributed by atoms with Gasteiger partial charge in [-0.05, 0) is 85.5 Å². The molecule has 11 heteroatoms. The van der Waals surface area contributed by atoms with Crippen LogP contribution in [0.2, 0.25) is 5.02 Å². The van der Waals surface area contributed by atoms with Gasteiger partial charge in [0.05, 0.1) is 41.3 Å². The van der Waals surface area contributed by atoms with Crippen molar-refractivity contribution in [3.05, 3.63) is 98.8 Å². The van der Waals surface area contributed by atoms with Crippen molar-refractivity contribution in [1.82, 2.24) is 24.1 Å². The lowest BCUT2D eigenvalue weighted by molar-refractivity contribution is 0.0589. The number of esters is 1. The predicted octanol–water partition coefficient (Wildman–Crippen LogP) is 7.90. The second-order valence-electron chi connectivity index (χ2n) is 12.4. The monoisotopic (exact) mass is 685 g/mol. The van der Waals surface area contributed by atoms with E-state index in [9.17, 15) is 9.18 Å². The zero-order valence-electron chi connectivity index (χ0n) is 27.7. The maximum Gasteiger partial charge on any atom is 0.354 e. The summed E-state index contributed by atoms with van der Waals surface area (Å²) in [5, 5.41) is 12.8. The minimum atomic E-state index is -0.409. The third-order valence-corrected chi connectivity index (χ3v) is 10.6. The minimum Gasteiger partial charge on any atom is -0.493 e. The molecule has 3 aromatic heterocycles. The van der Waals surface area contributed by atoms with E-state index >= 15 is 0 Å². The van der Waals surface area contributed by atoms with Crippen LogP contribution in [0.1, 0.15) is 50.7 Å². The van der Waals surface area contributed by atoms with Gasteiger partial charge in [-0.25, -0.2) is 9.18 Å². The quantitative estimate of drug-likeness (QED) is 0.164. The molecule has 0 saturated carbocycles. The van der Waals surface area contributed by atoms with Gasteiger partial charge in [0.1, 0.15) is 17.3 Å². The fraction of sp³-hybridized carbons (Fsp3) is 0.324. The lowest BCUT2D eigenvalue weighted by atomic mass is 10.00. The first-order valence-electron chi connectivity index (χ1n) is 16.0. The van der Waals surface area contributed by atoms with Gasteiger partial charge in [-0.15, -0.1) is 0 Å². The first kappa shape index (κ1) is 32.3. The van der Waals surface area contributed by atoms with E-state index in [-0.39, 0.29) is 5.82 Å². The van der Waals surface area contributed by atoms with E-state index in [1.54, 1.807) is 23.9 Å². The molecule has 0 spiro atoms. The molecule has 7 rings (SSSR count). The maximum absolute atomic E-state index is 14.3. The zero-order chi connectivity index (χ0) is 33.7. The van der Waals surface area contributed by atoms with E-state index in [0.717, 1.165) is 91.0 Å². The van der Waals surface area contributed by atoms with E-state index < -0.39 is 5.97 Å². The number of aromatic nitrogens is 5. The van der Waals surface area contributed by atoms with Gasteiger partial charge in [0, 0.05) is 60.2 Å². The molecule has 8 bridgehead atoms. The van der Waals surface area contributed by atoms with Crippen LogP contribution in [-0.4, -0.2) is 43.8 Å². The van der Waals surface area contributed by atoms with Gasteiger partial charge in [0.25, 0.3) is 0 Å². The summed E-state index contributed by atoms with van der Waals surface area (Å²) in [4.78, 5) is 13.3. The number of benzene rings is 3. The molecule has 0 saturated heterocycles. The van der Waals surface area contributed by atoms with Crippen molar-refractivity contribution in [2.24, 2.45) is 21.1 Å². The van der Waals surface area contributed by atoms with Crippen LogP contribution in [0.15, 0.2) is 48.5 Å². The largest absolute Gasteiger partial charge is 0.493 e. The molecule has 8 nitrogen and oxygen atoms in total. The Morgan fingerprint density at radius 2 is 1.77 bits per heavy atom. The normalized spacial score (nSPS) is 14.1. The summed E-state index contributed by atoms with van der Waals surface area (Å²) in [5.41, 5.74) is 9.23. The Hall–Kier alpha value is -4.28. The summed E-state index contributed by atoms with van der Waals surface area (Å²) >= 11 is 8.81. The molecule has 0 radical (unpaired) electrons. The van der Waals surface area contributed by atoms with E-state index in [2.05, 4.69) is 12.1 Å². The number of hydrogen-bond acceptors (Lipinski definition) is 6. The summed E-state index contributed by atoms with van der Waals surface area (Å²) in [7, 11) is 7.21. The second-order valence-corrected chi connectivity index (χ2v) is 13.8. The Morgan fingerprint density at radius 3 is 2.58 bits per heavy atom.